The van der Waals surface area contributed by atoms with Gasteiger partial charge >= 0.3 is 0 Å². The molecular formula is C12H16FN3O2. The first-order valence-electron chi connectivity index (χ1n) is 5.91. The first-order valence-corrected chi connectivity index (χ1v) is 5.91. The summed E-state index contributed by atoms with van der Waals surface area (Å²) in [4.78, 5) is 12.2. The fraction of sp³-hybridized carbons (Fsp3) is 0.500. The predicted molar refractivity (Wildman–Crippen MR) is 65.8 cm³/mol. The van der Waals surface area contributed by atoms with Crippen molar-refractivity contribution in [2.45, 2.75) is 19.0 Å². The van der Waals surface area contributed by atoms with Crippen molar-refractivity contribution in [3.05, 3.63) is 39.7 Å². The smallest absolute Gasteiger partial charge is 0.272 e. The Morgan fingerprint density at radius 3 is 2.94 bits per heavy atom. The summed E-state index contributed by atoms with van der Waals surface area (Å²) in [6.45, 7) is 2.41. The zero-order valence-corrected chi connectivity index (χ0v) is 10.2. The van der Waals surface area contributed by atoms with Crippen LogP contribution in [0.5, 0.6) is 0 Å². The number of nitro groups is 1. The summed E-state index contributed by atoms with van der Waals surface area (Å²) in [7, 11) is 1.95. The highest BCUT2D eigenvalue weighted by Gasteiger charge is 2.20. The minimum atomic E-state index is -0.566. The molecule has 1 unspecified atom stereocenters. The van der Waals surface area contributed by atoms with E-state index in [4.69, 9.17) is 0 Å². The normalized spacial score (nSPS) is 19.4. The molecule has 1 atom stereocenters. The lowest BCUT2D eigenvalue weighted by molar-refractivity contribution is -0.385. The summed E-state index contributed by atoms with van der Waals surface area (Å²) in [6, 6.07) is 4.14. The molecule has 5 nitrogen and oxygen atoms in total. The van der Waals surface area contributed by atoms with Gasteiger partial charge in [0.2, 0.25) is 0 Å². The van der Waals surface area contributed by atoms with Crippen molar-refractivity contribution in [2.75, 3.05) is 20.1 Å². The number of rotatable bonds is 4. The Morgan fingerprint density at radius 2 is 2.33 bits per heavy atom. The molecule has 98 valence electrons. The van der Waals surface area contributed by atoms with Gasteiger partial charge in [-0.1, -0.05) is 0 Å². The quantitative estimate of drug-likeness (QED) is 0.653. The van der Waals surface area contributed by atoms with Gasteiger partial charge in [-0.15, -0.1) is 0 Å². The van der Waals surface area contributed by atoms with Crippen molar-refractivity contribution in [3.8, 4) is 0 Å². The average molecular weight is 253 g/mol. The topological polar surface area (TPSA) is 58.4 Å². The average Bonchev–Trinajstić information content (AvgIpc) is 2.81. The van der Waals surface area contributed by atoms with Gasteiger partial charge < -0.3 is 5.32 Å². The van der Waals surface area contributed by atoms with E-state index in [-0.39, 0.29) is 5.69 Å². The van der Waals surface area contributed by atoms with Gasteiger partial charge in [-0.25, -0.2) is 4.39 Å². The third-order valence-electron chi connectivity index (χ3n) is 3.24. The van der Waals surface area contributed by atoms with Crippen LogP contribution >= 0.6 is 0 Å². The number of non-ortho nitro benzene ring substituents is 1. The third kappa shape index (κ3) is 3.02. The maximum atomic E-state index is 13.3. The number of hydrogen-bond donors (Lipinski definition) is 1. The standard InChI is InChI=1S/C12H16FN3O2/c1-15(11-2-3-14-7-11)8-9-4-10(13)6-12(5-9)16(17)18/h4-6,11,14H,2-3,7-8H2,1H3. The van der Waals surface area contributed by atoms with Crippen LogP contribution in [0.2, 0.25) is 0 Å². The summed E-state index contributed by atoms with van der Waals surface area (Å²) < 4.78 is 13.3. The number of hydrogen-bond acceptors (Lipinski definition) is 4. The van der Waals surface area contributed by atoms with E-state index >= 15 is 0 Å². The van der Waals surface area contributed by atoms with Gasteiger partial charge in [0.1, 0.15) is 5.82 Å². The summed E-state index contributed by atoms with van der Waals surface area (Å²) in [5.74, 6) is -0.558. The zero-order chi connectivity index (χ0) is 13.1. The van der Waals surface area contributed by atoms with E-state index in [9.17, 15) is 14.5 Å². The Bertz CT molecular complexity index is 447. The number of benzene rings is 1. The van der Waals surface area contributed by atoms with Crippen LogP contribution in [0.3, 0.4) is 0 Å². The van der Waals surface area contributed by atoms with Crippen LogP contribution in [0.1, 0.15) is 12.0 Å². The Balaban J connectivity index is 2.10. The molecule has 2 rings (SSSR count). The molecule has 6 heteroatoms. The lowest BCUT2D eigenvalue weighted by Crippen LogP contribution is -2.32. The number of likely N-dealkylation sites (N-methyl/N-ethyl adjacent to an activating group) is 1. The van der Waals surface area contributed by atoms with Crippen molar-refractivity contribution in [1.82, 2.24) is 10.2 Å². The molecule has 0 spiro atoms. The van der Waals surface area contributed by atoms with Crippen molar-refractivity contribution in [3.63, 3.8) is 0 Å². The van der Waals surface area contributed by atoms with Crippen LogP contribution in [0.15, 0.2) is 18.2 Å². The van der Waals surface area contributed by atoms with Crippen LogP contribution in [-0.4, -0.2) is 36.0 Å². The fourth-order valence-corrected chi connectivity index (χ4v) is 2.26. The molecule has 0 aliphatic carbocycles. The van der Waals surface area contributed by atoms with E-state index in [1.54, 1.807) is 0 Å². The Labute approximate surface area is 105 Å². The molecule has 0 radical (unpaired) electrons. The SMILES string of the molecule is CN(Cc1cc(F)cc([N+](=O)[O-])c1)C1CCNC1. The molecule has 1 aliphatic rings. The van der Waals surface area contributed by atoms with Gasteiger partial charge in [-0.2, -0.15) is 0 Å². The van der Waals surface area contributed by atoms with Gasteiger partial charge in [0.15, 0.2) is 0 Å². The van der Waals surface area contributed by atoms with Crippen molar-refractivity contribution < 1.29 is 9.31 Å². The fourth-order valence-electron chi connectivity index (χ4n) is 2.26. The Morgan fingerprint density at radius 1 is 1.56 bits per heavy atom. The second-order valence-electron chi connectivity index (χ2n) is 4.64. The van der Waals surface area contributed by atoms with E-state index in [2.05, 4.69) is 10.2 Å². The third-order valence-corrected chi connectivity index (χ3v) is 3.24. The molecular weight excluding hydrogens is 237 g/mol. The van der Waals surface area contributed by atoms with E-state index in [1.807, 2.05) is 7.05 Å². The monoisotopic (exact) mass is 253 g/mol. The van der Waals surface area contributed by atoms with Crippen LogP contribution in [-0.2, 0) is 6.54 Å². The minimum absolute atomic E-state index is 0.192. The maximum Gasteiger partial charge on any atom is 0.272 e. The maximum absolute atomic E-state index is 13.3. The minimum Gasteiger partial charge on any atom is -0.315 e. The number of nitro benzene ring substituents is 1. The van der Waals surface area contributed by atoms with Crippen LogP contribution in [0.4, 0.5) is 10.1 Å². The second-order valence-corrected chi connectivity index (χ2v) is 4.64. The zero-order valence-electron chi connectivity index (χ0n) is 10.2. The lowest BCUT2D eigenvalue weighted by atomic mass is 10.1. The number of nitrogens with one attached hydrogen (secondary N) is 1. The van der Waals surface area contributed by atoms with Crippen molar-refractivity contribution in [1.29, 1.82) is 0 Å². The van der Waals surface area contributed by atoms with Crippen LogP contribution in [0, 0.1) is 15.9 Å². The highest BCUT2D eigenvalue weighted by Crippen LogP contribution is 2.18. The molecule has 0 bridgehead atoms. The van der Waals surface area contributed by atoms with Crippen molar-refractivity contribution in [2.24, 2.45) is 0 Å². The van der Waals surface area contributed by atoms with Crippen molar-refractivity contribution >= 4 is 5.69 Å². The van der Waals surface area contributed by atoms with E-state index < -0.39 is 10.7 Å². The molecule has 0 amide bonds. The van der Waals surface area contributed by atoms with Gasteiger partial charge in [-0.3, -0.25) is 15.0 Å². The highest BCUT2D eigenvalue weighted by molar-refractivity contribution is 5.35. The molecule has 1 N–H and O–H groups in total. The van der Waals surface area contributed by atoms with Gasteiger partial charge in [0.05, 0.1) is 11.0 Å². The number of halogens is 1. The molecule has 1 saturated heterocycles. The first kappa shape index (κ1) is 12.9. The summed E-state index contributed by atoms with van der Waals surface area (Å²) in [6.07, 6.45) is 1.05. The summed E-state index contributed by atoms with van der Waals surface area (Å²) >= 11 is 0. The number of nitrogens with zero attached hydrogens (tertiary/aromatic N) is 2. The summed E-state index contributed by atoms with van der Waals surface area (Å²) in [5.41, 5.74) is 0.444. The first-order chi connectivity index (χ1) is 8.56. The van der Waals surface area contributed by atoms with Gasteiger partial charge in [0.25, 0.3) is 5.69 Å². The summed E-state index contributed by atoms with van der Waals surface area (Å²) in [5, 5.41) is 13.9. The highest BCUT2D eigenvalue weighted by atomic mass is 19.1. The molecule has 1 fully saturated rings. The largest absolute Gasteiger partial charge is 0.315 e. The van der Waals surface area contributed by atoms with E-state index in [1.165, 1.54) is 12.1 Å². The molecule has 18 heavy (non-hydrogen) atoms. The molecule has 1 heterocycles. The van der Waals surface area contributed by atoms with Gasteiger partial charge in [-0.05, 0) is 31.6 Å². The lowest BCUT2D eigenvalue weighted by Gasteiger charge is -2.23. The molecule has 1 aliphatic heterocycles. The van der Waals surface area contributed by atoms with Crippen LogP contribution in [0.25, 0.3) is 0 Å². The second kappa shape index (κ2) is 5.41. The predicted octanol–water partition coefficient (Wildman–Crippen LogP) is 1.53. The molecule has 0 aromatic heterocycles. The van der Waals surface area contributed by atoms with E-state index in [0.717, 1.165) is 25.6 Å². The molecule has 1 aromatic rings. The van der Waals surface area contributed by atoms with Crippen LogP contribution < -0.4 is 5.32 Å². The Hall–Kier alpha value is -1.53. The molecule has 1 aromatic carbocycles. The molecule has 0 saturated carbocycles. The van der Waals surface area contributed by atoms with E-state index in [0.29, 0.717) is 18.2 Å². The Kier molecular flexibility index (Phi) is 3.88. The van der Waals surface area contributed by atoms with Gasteiger partial charge in [0, 0.05) is 25.2 Å².